The maximum absolute atomic E-state index is 12.7. The van der Waals surface area contributed by atoms with Crippen LogP contribution >= 0.6 is 33.9 Å². The number of anilines is 1. The van der Waals surface area contributed by atoms with Crippen LogP contribution in [0.4, 0.5) is 5.82 Å². The van der Waals surface area contributed by atoms with Crippen LogP contribution < -0.4 is 20.6 Å². The van der Waals surface area contributed by atoms with Gasteiger partial charge in [0.15, 0.2) is 11.5 Å². The van der Waals surface area contributed by atoms with Gasteiger partial charge in [-0.2, -0.15) is 5.10 Å². The molecule has 3 aromatic carbocycles. The number of nitrogens with zero attached hydrogens (tertiary/aromatic N) is 3. The van der Waals surface area contributed by atoms with Crippen molar-refractivity contribution in [3.05, 3.63) is 86.1 Å². The summed E-state index contributed by atoms with van der Waals surface area (Å²) in [6.07, 6.45) is 2.95. The second kappa shape index (κ2) is 10.7. The minimum Gasteiger partial charge on any atom is -0.493 e. The van der Waals surface area contributed by atoms with Crippen LogP contribution in [0.15, 0.2) is 66.0 Å². The van der Waals surface area contributed by atoms with E-state index < -0.39 is 0 Å². The number of hydrogen-bond donors (Lipinski definition) is 2. The molecule has 10 heteroatoms. The van der Waals surface area contributed by atoms with E-state index in [2.05, 4.69) is 67.4 Å². The predicted octanol–water partition coefficient (Wildman–Crippen LogP) is 5.69. The topological polar surface area (TPSA) is 112 Å². The quantitative estimate of drug-likeness (QED) is 0.137. The number of hydrazone groups is 1. The first-order chi connectivity index (χ1) is 18.0. The van der Waals surface area contributed by atoms with Crippen molar-refractivity contribution >= 4 is 72.9 Å². The van der Waals surface area contributed by atoms with Gasteiger partial charge in [0.25, 0.3) is 5.91 Å². The molecule has 0 radical (unpaired) electrons. The van der Waals surface area contributed by atoms with Gasteiger partial charge in [0, 0.05) is 0 Å². The molecule has 0 spiro atoms. The predicted molar refractivity (Wildman–Crippen MR) is 156 cm³/mol. The lowest BCUT2D eigenvalue weighted by atomic mass is 10.1. The Morgan fingerprint density at radius 1 is 1.19 bits per heavy atom. The molecule has 0 aliphatic carbocycles. The third-order valence-corrected chi connectivity index (χ3v) is 7.85. The third-order valence-electron chi connectivity index (χ3n) is 5.85. The molecule has 0 fully saturated rings. The first-order valence-electron chi connectivity index (χ1n) is 11.3. The van der Waals surface area contributed by atoms with Crippen LogP contribution in [0.25, 0.3) is 21.0 Å². The first kappa shape index (κ1) is 24.9. The minimum atomic E-state index is -0.340. The zero-order chi connectivity index (χ0) is 25.9. The van der Waals surface area contributed by atoms with Crippen LogP contribution in [0.1, 0.15) is 26.4 Å². The number of carbonyl (C=O) groups excluding carboxylic acids is 1. The van der Waals surface area contributed by atoms with E-state index in [9.17, 15) is 4.79 Å². The van der Waals surface area contributed by atoms with Gasteiger partial charge in [0.05, 0.1) is 27.2 Å². The van der Waals surface area contributed by atoms with Crippen molar-refractivity contribution in [1.82, 2.24) is 15.4 Å². The van der Waals surface area contributed by atoms with Crippen LogP contribution in [0.2, 0.25) is 0 Å². The number of hydrogen-bond acceptors (Lipinski definition) is 8. The number of benzene rings is 3. The largest absolute Gasteiger partial charge is 0.493 e. The average Bonchev–Trinajstić information content (AvgIpc) is 3.25. The van der Waals surface area contributed by atoms with Crippen molar-refractivity contribution in [1.29, 1.82) is 0 Å². The second-order valence-electron chi connectivity index (χ2n) is 8.16. The number of nitrogens with two attached hydrogens (primary N) is 1. The highest BCUT2D eigenvalue weighted by Gasteiger charge is 2.18. The van der Waals surface area contributed by atoms with Gasteiger partial charge in [-0.15, -0.1) is 11.3 Å². The van der Waals surface area contributed by atoms with Crippen molar-refractivity contribution in [3.8, 4) is 11.5 Å². The molecule has 0 aliphatic rings. The van der Waals surface area contributed by atoms with Crippen molar-refractivity contribution < 1.29 is 14.3 Å². The lowest BCUT2D eigenvalue weighted by molar-refractivity contribution is 0.0958. The maximum atomic E-state index is 12.7. The first-order valence-corrected chi connectivity index (χ1v) is 13.2. The molecule has 2 heterocycles. The van der Waals surface area contributed by atoms with E-state index in [0.29, 0.717) is 39.0 Å². The second-order valence-corrected chi connectivity index (χ2v) is 10.3. The van der Waals surface area contributed by atoms with Gasteiger partial charge >= 0.3 is 0 Å². The van der Waals surface area contributed by atoms with Crippen LogP contribution in [0.5, 0.6) is 11.5 Å². The Morgan fingerprint density at radius 3 is 2.81 bits per heavy atom. The van der Waals surface area contributed by atoms with E-state index in [1.807, 2.05) is 37.3 Å². The zero-order valence-corrected chi connectivity index (χ0v) is 23.0. The summed E-state index contributed by atoms with van der Waals surface area (Å²) in [6, 6.07) is 18.1. The number of nitrogen functional groups attached to an aromatic ring is 1. The van der Waals surface area contributed by atoms with Gasteiger partial charge in [0.2, 0.25) is 0 Å². The molecule has 0 bridgehead atoms. The number of aromatic nitrogens is 2. The Balaban J connectivity index is 1.31. The van der Waals surface area contributed by atoms with Crippen molar-refractivity contribution in [3.63, 3.8) is 0 Å². The summed E-state index contributed by atoms with van der Waals surface area (Å²) in [6.45, 7) is 2.22. The molecule has 0 saturated heterocycles. The highest BCUT2D eigenvalue weighted by Crippen LogP contribution is 2.35. The summed E-state index contributed by atoms with van der Waals surface area (Å²) in [7, 11) is 1.59. The maximum Gasteiger partial charge on any atom is 0.281 e. The van der Waals surface area contributed by atoms with Crippen molar-refractivity contribution in [2.45, 2.75) is 13.5 Å². The smallest absolute Gasteiger partial charge is 0.281 e. The fraction of sp³-hybridized carbons (Fsp3) is 0.111. The zero-order valence-electron chi connectivity index (χ0n) is 20.0. The summed E-state index contributed by atoms with van der Waals surface area (Å²) in [5.41, 5.74) is 11.1. The normalized spacial score (nSPS) is 11.3. The molecule has 0 unspecified atom stereocenters. The number of rotatable bonds is 7. The number of ether oxygens (including phenoxy) is 2. The molecule has 37 heavy (non-hydrogen) atoms. The summed E-state index contributed by atoms with van der Waals surface area (Å²) in [5.74, 6) is 1.24. The SMILES string of the molecule is COc1cc(/C=N\NC(=O)c2sc3ncnc(N)c3c2C)cc(I)c1OCc1cccc2ccccc12. The third kappa shape index (κ3) is 5.07. The number of halogens is 1. The molecule has 186 valence electrons. The highest BCUT2D eigenvalue weighted by molar-refractivity contribution is 14.1. The van der Waals surface area contributed by atoms with E-state index in [0.717, 1.165) is 25.6 Å². The number of carbonyl (C=O) groups is 1. The molecule has 0 saturated carbocycles. The number of thiophene rings is 1. The van der Waals surface area contributed by atoms with E-state index in [1.165, 1.54) is 23.1 Å². The Hall–Kier alpha value is -3.77. The fourth-order valence-electron chi connectivity index (χ4n) is 4.05. The minimum absolute atomic E-state index is 0.340. The lowest BCUT2D eigenvalue weighted by Gasteiger charge is -2.14. The molecule has 5 rings (SSSR count). The monoisotopic (exact) mass is 623 g/mol. The van der Waals surface area contributed by atoms with Crippen LogP contribution in [0.3, 0.4) is 0 Å². The van der Waals surface area contributed by atoms with Gasteiger partial charge in [0.1, 0.15) is 23.6 Å². The van der Waals surface area contributed by atoms with E-state index >= 15 is 0 Å². The van der Waals surface area contributed by atoms with Crippen molar-refractivity contribution in [2.24, 2.45) is 5.10 Å². The summed E-state index contributed by atoms with van der Waals surface area (Å²) in [5, 5.41) is 7.16. The Morgan fingerprint density at radius 2 is 2.00 bits per heavy atom. The number of fused-ring (bicyclic) bond motifs is 2. The number of methoxy groups -OCH3 is 1. The Bertz CT molecular complexity index is 1660. The van der Waals surface area contributed by atoms with Gasteiger partial charge in [-0.3, -0.25) is 4.79 Å². The molecule has 3 N–H and O–H groups in total. The number of nitrogens with one attached hydrogen (secondary N) is 1. The molecule has 1 amide bonds. The summed E-state index contributed by atoms with van der Waals surface area (Å²) < 4.78 is 12.7. The molecule has 0 atom stereocenters. The lowest BCUT2D eigenvalue weighted by Crippen LogP contribution is -2.17. The fourth-order valence-corrected chi connectivity index (χ4v) is 5.88. The van der Waals surface area contributed by atoms with Crippen LogP contribution in [0, 0.1) is 10.5 Å². The van der Waals surface area contributed by atoms with Gasteiger partial charge in [-0.1, -0.05) is 42.5 Å². The Labute approximate surface area is 230 Å². The standard InChI is InChI=1S/C27H22IN5O3S/c1-15-22-25(29)30-14-31-27(22)37-24(15)26(34)33-32-12-16-10-20(28)23(21(11-16)35-2)36-13-18-8-5-7-17-6-3-4-9-19(17)18/h3-12,14H,13H2,1-2H3,(H,33,34)(H2,29,30,31)/b32-12-. The molecule has 0 aliphatic heterocycles. The molecule has 5 aromatic rings. The summed E-state index contributed by atoms with van der Waals surface area (Å²) in [4.78, 5) is 22.1. The number of amides is 1. The molecule has 2 aromatic heterocycles. The van der Waals surface area contributed by atoms with Gasteiger partial charge in [-0.25, -0.2) is 15.4 Å². The average molecular weight is 623 g/mol. The van der Waals surface area contributed by atoms with Crippen molar-refractivity contribution in [2.75, 3.05) is 12.8 Å². The van der Waals surface area contributed by atoms with Gasteiger partial charge in [-0.05, 0) is 69.1 Å². The number of aryl methyl sites for hydroxylation is 1. The Kier molecular flexibility index (Phi) is 7.19. The van der Waals surface area contributed by atoms with E-state index in [-0.39, 0.29) is 5.91 Å². The van der Waals surface area contributed by atoms with E-state index in [4.69, 9.17) is 15.2 Å². The van der Waals surface area contributed by atoms with E-state index in [1.54, 1.807) is 13.3 Å². The van der Waals surface area contributed by atoms with Crippen LogP contribution in [-0.2, 0) is 6.61 Å². The molecular formula is C27H22IN5O3S. The molecule has 8 nitrogen and oxygen atoms in total. The highest BCUT2D eigenvalue weighted by atomic mass is 127. The van der Waals surface area contributed by atoms with Gasteiger partial charge < -0.3 is 15.2 Å². The molecular weight excluding hydrogens is 601 g/mol. The summed E-state index contributed by atoms with van der Waals surface area (Å²) >= 11 is 3.46. The van der Waals surface area contributed by atoms with Crippen LogP contribution in [-0.4, -0.2) is 29.2 Å².